The van der Waals surface area contributed by atoms with Crippen LogP contribution in [0.2, 0.25) is 0 Å². The Hall–Kier alpha value is -2.90. The van der Waals surface area contributed by atoms with E-state index in [1.54, 1.807) is 0 Å². The van der Waals surface area contributed by atoms with Crippen molar-refractivity contribution < 1.29 is 33.4 Å². The zero-order chi connectivity index (χ0) is 19.3. The molecular formula is C18H21NO7. The van der Waals surface area contributed by atoms with Crippen LogP contribution in [0.15, 0.2) is 30.3 Å². The molecule has 0 unspecified atom stereocenters. The van der Waals surface area contributed by atoms with Gasteiger partial charge in [0.05, 0.1) is 6.54 Å². The van der Waals surface area contributed by atoms with Gasteiger partial charge in [0.25, 0.3) is 5.91 Å². The summed E-state index contributed by atoms with van der Waals surface area (Å²) in [5.41, 5.74) is 0.856. The number of benzene rings is 1. The van der Waals surface area contributed by atoms with Gasteiger partial charge in [-0.1, -0.05) is 30.3 Å². The van der Waals surface area contributed by atoms with Crippen molar-refractivity contribution in [1.29, 1.82) is 0 Å². The van der Waals surface area contributed by atoms with E-state index in [9.17, 15) is 19.2 Å². The molecule has 8 heteroatoms. The summed E-state index contributed by atoms with van der Waals surface area (Å²) < 4.78 is 15.5. The summed E-state index contributed by atoms with van der Waals surface area (Å²) in [5, 5.41) is 0. The monoisotopic (exact) mass is 363 g/mol. The van der Waals surface area contributed by atoms with Crippen LogP contribution < -0.4 is 0 Å². The SMILES string of the molecule is CC(=O)O[C@H]1[C@H](OC(C)=O)CN(Cc2ccccc2)C(=O)[C@@H]1OC(C)=O. The number of nitrogens with zero attached hydrogens (tertiary/aromatic N) is 1. The molecule has 0 saturated carbocycles. The van der Waals surface area contributed by atoms with E-state index >= 15 is 0 Å². The summed E-state index contributed by atoms with van der Waals surface area (Å²) in [6, 6.07) is 9.19. The number of ether oxygens (including phenoxy) is 3. The van der Waals surface area contributed by atoms with E-state index in [-0.39, 0.29) is 13.1 Å². The summed E-state index contributed by atoms with van der Waals surface area (Å²) in [7, 11) is 0. The molecule has 1 aromatic rings. The van der Waals surface area contributed by atoms with Crippen LogP contribution in [0.3, 0.4) is 0 Å². The van der Waals surface area contributed by atoms with Crippen LogP contribution in [0.25, 0.3) is 0 Å². The van der Waals surface area contributed by atoms with Crippen LogP contribution in [0, 0.1) is 0 Å². The number of rotatable bonds is 5. The van der Waals surface area contributed by atoms with Gasteiger partial charge < -0.3 is 19.1 Å². The van der Waals surface area contributed by atoms with Crippen molar-refractivity contribution >= 4 is 23.8 Å². The largest absolute Gasteiger partial charge is 0.457 e. The van der Waals surface area contributed by atoms with E-state index in [1.807, 2.05) is 30.3 Å². The smallest absolute Gasteiger partial charge is 0.303 e. The maximum atomic E-state index is 12.8. The van der Waals surface area contributed by atoms with Crippen LogP contribution >= 0.6 is 0 Å². The summed E-state index contributed by atoms with van der Waals surface area (Å²) >= 11 is 0. The molecule has 0 radical (unpaired) electrons. The highest BCUT2D eigenvalue weighted by Crippen LogP contribution is 2.24. The van der Waals surface area contributed by atoms with Crippen LogP contribution in [-0.4, -0.2) is 53.6 Å². The van der Waals surface area contributed by atoms with Crippen LogP contribution in [0.5, 0.6) is 0 Å². The highest BCUT2D eigenvalue weighted by Gasteiger charge is 2.48. The van der Waals surface area contributed by atoms with E-state index in [1.165, 1.54) is 11.8 Å². The molecule has 1 heterocycles. The number of hydrogen-bond donors (Lipinski definition) is 0. The minimum absolute atomic E-state index is 0.0169. The first-order valence-electron chi connectivity index (χ1n) is 8.12. The maximum Gasteiger partial charge on any atom is 0.303 e. The topological polar surface area (TPSA) is 99.2 Å². The fourth-order valence-corrected chi connectivity index (χ4v) is 2.82. The number of piperidine rings is 1. The van der Waals surface area contributed by atoms with Crippen molar-refractivity contribution in [2.24, 2.45) is 0 Å². The number of amides is 1. The highest BCUT2D eigenvalue weighted by molar-refractivity contribution is 5.86. The predicted octanol–water partition coefficient (Wildman–Crippen LogP) is 0.824. The number of likely N-dealkylation sites (tertiary alicyclic amines) is 1. The molecule has 8 nitrogen and oxygen atoms in total. The Morgan fingerprint density at radius 1 is 0.962 bits per heavy atom. The lowest BCUT2D eigenvalue weighted by Crippen LogP contribution is -2.61. The van der Waals surface area contributed by atoms with E-state index in [0.29, 0.717) is 0 Å². The van der Waals surface area contributed by atoms with Crippen LogP contribution in [0.1, 0.15) is 26.3 Å². The molecule has 140 valence electrons. The number of esters is 3. The van der Waals surface area contributed by atoms with Gasteiger partial charge >= 0.3 is 17.9 Å². The van der Waals surface area contributed by atoms with Crippen molar-refractivity contribution in [3.8, 4) is 0 Å². The molecule has 1 aliphatic rings. The Labute approximate surface area is 151 Å². The lowest BCUT2D eigenvalue weighted by atomic mass is 9.99. The molecule has 0 bridgehead atoms. The van der Waals surface area contributed by atoms with Gasteiger partial charge in [0.15, 0.2) is 12.2 Å². The molecule has 0 N–H and O–H groups in total. The van der Waals surface area contributed by atoms with E-state index < -0.39 is 42.1 Å². The Balaban J connectivity index is 2.31. The van der Waals surface area contributed by atoms with Gasteiger partial charge in [-0.3, -0.25) is 19.2 Å². The predicted molar refractivity (Wildman–Crippen MR) is 88.5 cm³/mol. The van der Waals surface area contributed by atoms with Gasteiger partial charge in [-0.25, -0.2) is 0 Å². The maximum absolute atomic E-state index is 12.8. The van der Waals surface area contributed by atoms with Gasteiger partial charge in [-0.15, -0.1) is 0 Å². The van der Waals surface area contributed by atoms with Gasteiger partial charge in [-0.2, -0.15) is 0 Å². The normalized spacial score (nSPS) is 22.5. The van der Waals surface area contributed by atoms with Crippen molar-refractivity contribution in [1.82, 2.24) is 4.90 Å². The quantitative estimate of drug-likeness (QED) is 0.564. The van der Waals surface area contributed by atoms with Crippen molar-refractivity contribution in [3.05, 3.63) is 35.9 Å². The van der Waals surface area contributed by atoms with Crippen LogP contribution in [0.4, 0.5) is 0 Å². The Morgan fingerprint density at radius 3 is 2.08 bits per heavy atom. The molecular weight excluding hydrogens is 342 g/mol. The minimum Gasteiger partial charge on any atom is -0.457 e. The average molecular weight is 363 g/mol. The second-order valence-corrected chi connectivity index (χ2v) is 5.96. The fraction of sp³-hybridized carbons (Fsp3) is 0.444. The molecule has 0 spiro atoms. The lowest BCUT2D eigenvalue weighted by molar-refractivity contribution is -0.200. The molecule has 1 saturated heterocycles. The van der Waals surface area contributed by atoms with Crippen molar-refractivity contribution in [2.45, 2.75) is 45.6 Å². The van der Waals surface area contributed by atoms with Gasteiger partial charge in [0.1, 0.15) is 0 Å². The molecule has 1 amide bonds. The van der Waals surface area contributed by atoms with E-state index in [2.05, 4.69) is 0 Å². The number of hydrogen-bond acceptors (Lipinski definition) is 7. The van der Waals surface area contributed by atoms with Crippen LogP contribution in [-0.2, 0) is 39.9 Å². The molecule has 1 aliphatic heterocycles. The Morgan fingerprint density at radius 2 is 1.54 bits per heavy atom. The first-order chi connectivity index (χ1) is 12.3. The molecule has 1 aromatic carbocycles. The summed E-state index contributed by atoms with van der Waals surface area (Å²) in [6.07, 6.45) is -3.51. The molecule has 0 aromatic heterocycles. The zero-order valence-electron chi connectivity index (χ0n) is 14.8. The van der Waals surface area contributed by atoms with Crippen molar-refractivity contribution in [3.63, 3.8) is 0 Å². The summed E-state index contributed by atoms with van der Waals surface area (Å²) in [5.74, 6) is -2.49. The lowest BCUT2D eigenvalue weighted by Gasteiger charge is -2.40. The molecule has 1 fully saturated rings. The molecule has 0 aliphatic carbocycles. The molecule has 2 rings (SSSR count). The van der Waals surface area contributed by atoms with E-state index in [0.717, 1.165) is 19.4 Å². The van der Waals surface area contributed by atoms with E-state index in [4.69, 9.17) is 14.2 Å². The third-order valence-corrected chi connectivity index (χ3v) is 3.75. The standard InChI is InChI=1S/C18H21NO7/c1-11(20)24-15-10-19(9-14-7-5-4-6-8-14)18(23)17(26-13(3)22)16(15)25-12(2)21/h4-8,15-17H,9-10H2,1-3H3/t15-,16+,17-/m1/s1. The third-order valence-electron chi connectivity index (χ3n) is 3.75. The highest BCUT2D eigenvalue weighted by atomic mass is 16.6. The first kappa shape index (κ1) is 19.4. The number of carbonyl (C=O) groups excluding carboxylic acids is 4. The minimum atomic E-state index is -1.38. The van der Waals surface area contributed by atoms with Crippen molar-refractivity contribution in [2.75, 3.05) is 6.54 Å². The Kier molecular flexibility index (Phi) is 6.32. The van der Waals surface area contributed by atoms with Gasteiger partial charge in [0.2, 0.25) is 6.10 Å². The first-order valence-corrected chi connectivity index (χ1v) is 8.12. The average Bonchev–Trinajstić information content (AvgIpc) is 2.55. The second-order valence-electron chi connectivity index (χ2n) is 5.96. The summed E-state index contributed by atoms with van der Waals surface area (Å²) in [4.78, 5) is 48.5. The fourth-order valence-electron chi connectivity index (χ4n) is 2.82. The third kappa shape index (κ3) is 5.05. The van der Waals surface area contributed by atoms with Gasteiger partial charge in [-0.05, 0) is 5.56 Å². The molecule has 26 heavy (non-hydrogen) atoms. The number of carbonyl (C=O) groups is 4. The Bertz CT molecular complexity index is 688. The summed E-state index contributed by atoms with van der Waals surface area (Å²) in [6.45, 7) is 3.78. The second kappa shape index (κ2) is 8.46. The molecule has 3 atom stereocenters. The zero-order valence-corrected chi connectivity index (χ0v) is 14.8. The van der Waals surface area contributed by atoms with Gasteiger partial charge in [0, 0.05) is 27.3 Å².